The van der Waals surface area contributed by atoms with Gasteiger partial charge in [-0.25, -0.2) is 9.78 Å². The fourth-order valence-electron chi connectivity index (χ4n) is 3.15. The number of hydrogen-bond donors (Lipinski definition) is 0. The minimum atomic E-state index is -0.444. The van der Waals surface area contributed by atoms with Gasteiger partial charge in [0.2, 0.25) is 0 Å². The predicted molar refractivity (Wildman–Crippen MR) is 121 cm³/mol. The summed E-state index contributed by atoms with van der Waals surface area (Å²) in [5, 5.41) is 0.592. The molecule has 7 heteroatoms. The van der Waals surface area contributed by atoms with Crippen molar-refractivity contribution >= 4 is 38.6 Å². The van der Waals surface area contributed by atoms with Crippen LogP contribution in [-0.4, -0.2) is 31.1 Å². The average molecular weight is 433 g/mol. The van der Waals surface area contributed by atoms with Gasteiger partial charge in [0.15, 0.2) is 5.13 Å². The Labute approximate surface area is 183 Å². The molecule has 0 aliphatic rings. The van der Waals surface area contributed by atoms with Crippen LogP contribution in [0.2, 0.25) is 0 Å². The molecular formula is C24H20N2O4S. The average Bonchev–Trinajstić information content (AvgIpc) is 3.25. The number of fused-ring (bicyclic) bond motifs is 1. The Bertz CT molecular complexity index is 1220. The fourth-order valence-corrected chi connectivity index (χ4v) is 4.10. The van der Waals surface area contributed by atoms with Crippen molar-refractivity contribution in [1.82, 2.24) is 4.98 Å². The van der Waals surface area contributed by atoms with Gasteiger partial charge < -0.3 is 9.47 Å². The molecule has 0 saturated heterocycles. The van der Waals surface area contributed by atoms with Crippen LogP contribution < -0.4 is 9.64 Å². The summed E-state index contributed by atoms with van der Waals surface area (Å²) in [7, 11) is 2.93. The molecule has 6 nitrogen and oxygen atoms in total. The molecule has 0 fully saturated rings. The van der Waals surface area contributed by atoms with E-state index in [-0.39, 0.29) is 5.91 Å². The molecule has 0 N–H and O–H groups in total. The predicted octanol–water partition coefficient (Wildman–Crippen LogP) is 4.94. The second kappa shape index (κ2) is 8.97. The normalized spacial score (nSPS) is 10.6. The number of hydrogen-bond acceptors (Lipinski definition) is 6. The SMILES string of the molecule is COC(=O)c1ccc(C(=O)N(Cc2ccccc2)c2nc3cc(OC)ccc3s2)cc1. The highest BCUT2D eigenvalue weighted by atomic mass is 32.1. The lowest BCUT2D eigenvalue weighted by Gasteiger charge is -2.20. The first-order valence-corrected chi connectivity index (χ1v) is 10.4. The maximum Gasteiger partial charge on any atom is 0.337 e. The van der Waals surface area contributed by atoms with E-state index >= 15 is 0 Å². The van der Waals surface area contributed by atoms with Crippen LogP contribution in [0.5, 0.6) is 5.75 Å². The summed E-state index contributed by atoms with van der Waals surface area (Å²) in [5.41, 5.74) is 2.60. The van der Waals surface area contributed by atoms with Crippen molar-refractivity contribution in [1.29, 1.82) is 0 Å². The molecule has 0 aliphatic carbocycles. The number of anilines is 1. The summed E-state index contributed by atoms with van der Waals surface area (Å²) in [6, 6.07) is 21.8. The molecule has 4 rings (SSSR count). The fraction of sp³-hybridized carbons (Fsp3) is 0.125. The van der Waals surface area contributed by atoms with Gasteiger partial charge in [0, 0.05) is 11.6 Å². The maximum absolute atomic E-state index is 13.5. The second-order valence-electron chi connectivity index (χ2n) is 6.78. The Kier molecular flexibility index (Phi) is 5.95. The standard InChI is InChI=1S/C24H20N2O4S/c1-29-19-12-13-21-20(14-19)25-24(31-21)26(15-16-6-4-3-5-7-16)22(27)17-8-10-18(11-9-17)23(28)30-2/h3-14H,15H2,1-2H3. The highest BCUT2D eigenvalue weighted by Gasteiger charge is 2.22. The number of thiazole rings is 1. The molecule has 1 heterocycles. The smallest absolute Gasteiger partial charge is 0.337 e. The van der Waals surface area contributed by atoms with Gasteiger partial charge >= 0.3 is 5.97 Å². The molecule has 4 aromatic rings. The van der Waals surface area contributed by atoms with Crippen molar-refractivity contribution in [3.8, 4) is 5.75 Å². The van der Waals surface area contributed by atoms with Crippen molar-refractivity contribution in [2.75, 3.05) is 19.1 Å². The van der Waals surface area contributed by atoms with Crippen LogP contribution in [-0.2, 0) is 11.3 Å². The van der Waals surface area contributed by atoms with Gasteiger partial charge in [0.1, 0.15) is 5.75 Å². The topological polar surface area (TPSA) is 68.7 Å². The molecule has 0 unspecified atom stereocenters. The van der Waals surface area contributed by atoms with E-state index in [9.17, 15) is 9.59 Å². The van der Waals surface area contributed by atoms with Crippen LogP contribution in [0.3, 0.4) is 0 Å². The molecule has 31 heavy (non-hydrogen) atoms. The number of aromatic nitrogens is 1. The number of benzene rings is 3. The van der Waals surface area contributed by atoms with E-state index in [0.29, 0.717) is 28.6 Å². The number of esters is 1. The van der Waals surface area contributed by atoms with Gasteiger partial charge in [0.25, 0.3) is 5.91 Å². The van der Waals surface area contributed by atoms with Crippen LogP contribution >= 0.6 is 11.3 Å². The molecular weight excluding hydrogens is 412 g/mol. The van der Waals surface area contributed by atoms with E-state index in [1.54, 1.807) is 36.3 Å². The van der Waals surface area contributed by atoms with Crippen LogP contribution in [0.15, 0.2) is 72.8 Å². The minimum absolute atomic E-state index is 0.203. The van der Waals surface area contributed by atoms with E-state index in [1.165, 1.54) is 18.4 Å². The zero-order valence-corrected chi connectivity index (χ0v) is 17.9. The third-order valence-corrected chi connectivity index (χ3v) is 5.86. The molecule has 0 spiro atoms. The molecule has 0 radical (unpaired) electrons. The first-order chi connectivity index (χ1) is 15.1. The molecule has 3 aromatic carbocycles. The molecule has 1 aromatic heterocycles. The quantitative estimate of drug-likeness (QED) is 0.404. The van der Waals surface area contributed by atoms with Gasteiger partial charge in [-0.1, -0.05) is 41.7 Å². The van der Waals surface area contributed by atoms with Gasteiger partial charge in [-0.2, -0.15) is 0 Å². The third kappa shape index (κ3) is 4.41. The third-order valence-electron chi connectivity index (χ3n) is 4.80. The summed E-state index contributed by atoms with van der Waals surface area (Å²) in [6.07, 6.45) is 0. The molecule has 0 saturated carbocycles. The Hall–Kier alpha value is -3.71. The number of carbonyl (C=O) groups is 2. The van der Waals surface area contributed by atoms with Crippen molar-refractivity contribution in [3.63, 3.8) is 0 Å². The zero-order valence-electron chi connectivity index (χ0n) is 17.1. The van der Waals surface area contributed by atoms with E-state index < -0.39 is 5.97 Å². The molecule has 1 amide bonds. The lowest BCUT2D eigenvalue weighted by Crippen LogP contribution is -2.30. The van der Waals surface area contributed by atoms with Gasteiger partial charge in [-0.3, -0.25) is 9.69 Å². The van der Waals surface area contributed by atoms with Gasteiger partial charge in [-0.05, 0) is 42.0 Å². The molecule has 0 atom stereocenters. The van der Waals surface area contributed by atoms with E-state index in [4.69, 9.17) is 14.5 Å². The van der Waals surface area contributed by atoms with Crippen LogP contribution in [0.25, 0.3) is 10.2 Å². The van der Waals surface area contributed by atoms with Crippen LogP contribution in [0, 0.1) is 0 Å². The van der Waals surface area contributed by atoms with Gasteiger partial charge in [-0.15, -0.1) is 0 Å². The lowest BCUT2D eigenvalue weighted by atomic mass is 10.1. The Balaban J connectivity index is 1.72. The molecule has 0 bridgehead atoms. The molecule has 156 valence electrons. The van der Waals surface area contributed by atoms with E-state index in [1.807, 2.05) is 48.5 Å². The van der Waals surface area contributed by atoms with Gasteiger partial charge in [0.05, 0.1) is 36.5 Å². The number of ether oxygens (including phenoxy) is 2. The van der Waals surface area contributed by atoms with Crippen LogP contribution in [0.4, 0.5) is 5.13 Å². The molecule has 0 aliphatic heterocycles. The number of carbonyl (C=O) groups excluding carboxylic acids is 2. The van der Waals surface area contributed by atoms with Crippen LogP contribution in [0.1, 0.15) is 26.3 Å². The summed E-state index contributed by atoms with van der Waals surface area (Å²) in [5.74, 6) is 0.0650. The Morgan fingerprint density at radius 1 is 0.935 bits per heavy atom. The van der Waals surface area contributed by atoms with Crippen molar-refractivity contribution in [2.24, 2.45) is 0 Å². The van der Waals surface area contributed by atoms with Crippen molar-refractivity contribution in [2.45, 2.75) is 6.54 Å². The highest BCUT2D eigenvalue weighted by Crippen LogP contribution is 2.32. The first kappa shape index (κ1) is 20.6. The largest absolute Gasteiger partial charge is 0.497 e. The monoisotopic (exact) mass is 432 g/mol. The van der Waals surface area contributed by atoms with Crippen molar-refractivity contribution < 1.29 is 19.1 Å². The summed E-state index contributed by atoms with van der Waals surface area (Å²) >= 11 is 1.44. The summed E-state index contributed by atoms with van der Waals surface area (Å²) in [4.78, 5) is 31.5. The lowest BCUT2D eigenvalue weighted by molar-refractivity contribution is 0.0600. The summed E-state index contributed by atoms with van der Waals surface area (Å²) in [6.45, 7) is 0.370. The highest BCUT2D eigenvalue weighted by molar-refractivity contribution is 7.22. The number of rotatable bonds is 6. The zero-order chi connectivity index (χ0) is 21.8. The first-order valence-electron chi connectivity index (χ1n) is 9.58. The van der Waals surface area contributed by atoms with Crippen molar-refractivity contribution in [3.05, 3.63) is 89.5 Å². The Morgan fingerprint density at radius 3 is 2.32 bits per heavy atom. The minimum Gasteiger partial charge on any atom is -0.497 e. The summed E-state index contributed by atoms with van der Waals surface area (Å²) < 4.78 is 11.0. The number of methoxy groups -OCH3 is 2. The second-order valence-corrected chi connectivity index (χ2v) is 7.79. The number of amides is 1. The number of nitrogens with zero attached hydrogens (tertiary/aromatic N) is 2. The van der Waals surface area contributed by atoms with E-state index in [0.717, 1.165) is 15.8 Å². The van der Waals surface area contributed by atoms with E-state index in [2.05, 4.69) is 0 Å². The Morgan fingerprint density at radius 2 is 1.65 bits per heavy atom. The maximum atomic E-state index is 13.5.